The summed E-state index contributed by atoms with van der Waals surface area (Å²) in [6, 6.07) is 13.4. The Balaban J connectivity index is 2.30. The summed E-state index contributed by atoms with van der Waals surface area (Å²) in [5.41, 5.74) is 1.29. The molecule has 170 valence electrons. The van der Waals surface area contributed by atoms with Crippen LogP contribution in [0.3, 0.4) is 0 Å². The van der Waals surface area contributed by atoms with Crippen LogP contribution in [-0.2, 0) is 14.8 Å². The van der Waals surface area contributed by atoms with E-state index in [4.69, 9.17) is 4.74 Å². The van der Waals surface area contributed by atoms with Gasteiger partial charge in [-0.25, -0.2) is 8.42 Å². The highest BCUT2D eigenvalue weighted by atomic mass is 32.2. The SMILES string of the molecule is CCCC[C@H](CC)CNC(=O)CN(c1ccccc1OC)S(=O)(=O)c1ccc(C)cc1. The quantitative estimate of drug-likeness (QED) is 0.520. The average molecular weight is 447 g/mol. The maximum absolute atomic E-state index is 13.5. The molecule has 0 fully saturated rings. The monoisotopic (exact) mass is 446 g/mol. The summed E-state index contributed by atoms with van der Waals surface area (Å²) >= 11 is 0. The molecule has 0 spiro atoms. The summed E-state index contributed by atoms with van der Waals surface area (Å²) in [4.78, 5) is 12.9. The second kappa shape index (κ2) is 11.7. The number of para-hydroxylation sites is 2. The molecule has 2 rings (SSSR count). The molecule has 0 aromatic heterocycles. The predicted octanol–water partition coefficient (Wildman–Crippen LogP) is 4.53. The number of aryl methyl sites for hydroxylation is 1. The highest BCUT2D eigenvalue weighted by Crippen LogP contribution is 2.32. The van der Waals surface area contributed by atoms with Crippen LogP contribution in [-0.4, -0.2) is 34.5 Å². The molecule has 2 aromatic rings. The first-order chi connectivity index (χ1) is 14.8. The van der Waals surface area contributed by atoms with Gasteiger partial charge in [-0.05, 0) is 43.5 Å². The van der Waals surface area contributed by atoms with Crippen LogP contribution >= 0.6 is 0 Å². The molecule has 1 N–H and O–H groups in total. The van der Waals surface area contributed by atoms with Crippen LogP contribution in [0, 0.1) is 12.8 Å². The first-order valence-electron chi connectivity index (χ1n) is 10.8. The van der Waals surface area contributed by atoms with E-state index < -0.39 is 10.0 Å². The molecular formula is C24H34N2O4S. The van der Waals surface area contributed by atoms with Crippen molar-refractivity contribution in [2.75, 3.05) is 24.5 Å². The Labute approximate surface area is 186 Å². The molecule has 0 bridgehead atoms. The van der Waals surface area contributed by atoms with Crippen molar-refractivity contribution in [1.29, 1.82) is 0 Å². The van der Waals surface area contributed by atoms with Crippen molar-refractivity contribution in [3.63, 3.8) is 0 Å². The third kappa shape index (κ3) is 6.72. The maximum atomic E-state index is 13.5. The summed E-state index contributed by atoms with van der Waals surface area (Å²) in [5.74, 6) is 0.439. The molecule has 0 aliphatic heterocycles. The van der Waals surface area contributed by atoms with Crippen molar-refractivity contribution in [2.45, 2.75) is 51.3 Å². The standard InChI is InChI=1S/C24H34N2O4S/c1-5-7-10-20(6-2)17-25-24(27)18-26(22-11-8-9-12-23(22)30-4)31(28,29)21-15-13-19(3)14-16-21/h8-9,11-16,20H,5-7,10,17-18H2,1-4H3,(H,25,27)/t20-/m0/s1. The lowest BCUT2D eigenvalue weighted by atomic mass is 9.99. The van der Waals surface area contributed by atoms with Crippen LogP contribution < -0.4 is 14.4 Å². The number of carbonyl (C=O) groups is 1. The largest absolute Gasteiger partial charge is 0.495 e. The van der Waals surface area contributed by atoms with Crippen LogP contribution in [0.1, 0.15) is 45.1 Å². The van der Waals surface area contributed by atoms with Gasteiger partial charge in [0, 0.05) is 6.54 Å². The zero-order valence-electron chi connectivity index (χ0n) is 18.9. The molecule has 0 saturated heterocycles. The van der Waals surface area contributed by atoms with E-state index in [1.807, 2.05) is 6.92 Å². The highest BCUT2D eigenvalue weighted by molar-refractivity contribution is 7.92. The van der Waals surface area contributed by atoms with Crippen molar-refractivity contribution in [3.05, 3.63) is 54.1 Å². The smallest absolute Gasteiger partial charge is 0.264 e. The molecule has 1 atom stereocenters. The van der Waals surface area contributed by atoms with Crippen LogP contribution in [0.2, 0.25) is 0 Å². The fourth-order valence-electron chi connectivity index (χ4n) is 3.36. The molecular weight excluding hydrogens is 412 g/mol. The normalized spacial score (nSPS) is 12.3. The summed E-state index contributed by atoms with van der Waals surface area (Å²) in [6.07, 6.45) is 4.24. The average Bonchev–Trinajstić information content (AvgIpc) is 2.77. The number of hydrogen-bond acceptors (Lipinski definition) is 4. The summed E-state index contributed by atoms with van der Waals surface area (Å²) < 4.78 is 33.5. The van der Waals surface area contributed by atoms with Gasteiger partial charge in [0.2, 0.25) is 5.91 Å². The van der Waals surface area contributed by atoms with Gasteiger partial charge in [-0.3, -0.25) is 9.10 Å². The zero-order chi connectivity index (χ0) is 22.9. The molecule has 0 radical (unpaired) electrons. The Hall–Kier alpha value is -2.54. The lowest BCUT2D eigenvalue weighted by Crippen LogP contribution is -2.42. The molecule has 31 heavy (non-hydrogen) atoms. The van der Waals surface area contributed by atoms with Crippen molar-refractivity contribution in [3.8, 4) is 5.75 Å². The maximum Gasteiger partial charge on any atom is 0.264 e. The fourth-order valence-corrected chi connectivity index (χ4v) is 4.79. The van der Waals surface area contributed by atoms with Gasteiger partial charge in [-0.1, -0.05) is 62.9 Å². The number of nitrogens with one attached hydrogen (secondary N) is 1. The number of hydrogen-bond donors (Lipinski definition) is 1. The second-order valence-electron chi connectivity index (χ2n) is 7.72. The number of methoxy groups -OCH3 is 1. The topological polar surface area (TPSA) is 75.7 Å². The number of carbonyl (C=O) groups excluding carboxylic acids is 1. The Morgan fingerprint density at radius 2 is 1.77 bits per heavy atom. The van der Waals surface area contributed by atoms with Crippen LogP contribution in [0.25, 0.3) is 0 Å². The Morgan fingerprint density at radius 1 is 1.10 bits per heavy atom. The van der Waals surface area contributed by atoms with E-state index in [1.54, 1.807) is 48.5 Å². The third-order valence-electron chi connectivity index (χ3n) is 5.38. The van der Waals surface area contributed by atoms with E-state index in [-0.39, 0.29) is 17.3 Å². The van der Waals surface area contributed by atoms with Crippen molar-refractivity contribution in [2.24, 2.45) is 5.92 Å². The molecule has 1 amide bonds. The molecule has 6 nitrogen and oxygen atoms in total. The van der Waals surface area contributed by atoms with Gasteiger partial charge in [-0.15, -0.1) is 0 Å². The minimum absolute atomic E-state index is 0.131. The van der Waals surface area contributed by atoms with Crippen LogP contribution in [0.5, 0.6) is 5.75 Å². The van der Waals surface area contributed by atoms with Crippen LogP contribution in [0.4, 0.5) is 5.69 Å². The van der Waals surface area contributed by atoms with Gasteiger partial charge in [0.15, 0.2) is 0 Å². The number of unbranched alkanes of at least 4 members (excludes halogenated alkanes) is 1. The van der Waals surface area contributed by atoms with Gasteiger partial charge in [0.1, 0.15) is 12.3 Å². The molecule has 7 heteroatoms. The number of rotatable bonds is 12. The number of amides is 1. The van der Waals surface area contributed by atoms with E-state index in [0.717, 1.165) is 35.6 Å². The highest BCUT2D eigenvalue weighted by Gasteiger charge is 2.29. The van der Waals surface area contributed by atoms with E-state index >= 15 is 0 Å². The van der Waals surface area contributed by atoms with Crippen LogP contribution in [0.15, 0.2) is 53.4 Å². The van der Waals surface area contributed by atoms with Gasteiger partial charge >= 0.3 is 0 Å². The molecule has 0 aliphatic carbocycles. The first kappa shape index (κ1) is 24.7. The first-order valence-corrected chi connectivity index (χ1v) is 12.3. The lowest BCUT2D eigenvalue weighted by molar-refractivity contribution is -0.119. The van der Waals surface area contributed by atoms with Crippen molar-refractivity contribution < 1.29 is 17.9 Å². The minimum Gasteiger partial charge on any atom is -0.495 e. The third-order valence-corrected chi connectivity index (χ3v) is 7.16. The Kier molecular flexibility index (Phi) is 9.37. The lowest BCUT2D eigenvalue weighted by Gasteiger charge is -2.26. The predicted molar refractivity (Wildman–Crippen MR) is 125 cm³/mol. The van der Waals surface area contributed by atoms with Gasteiger partial charge in [-0.2, -0.15) is 0 Å². The minimum atomic E-state index is -3.96. The molecule has 2 aromatic carbocycles. The second-order valence-corrected chi connectivity index (χ2v) is 9.58. The number of nitrogens with zero attached hydrogens (tertiary/aromatic N) is 1. The molecule has 0 aliphatic rings. The van der Waals surface area contributed by atoms with E-state index in [0.29, 0.717) is 23.9 Å². The fraction of sp³-hybridized carbons (Fsp3) is 0.458. The summed E-state index contributed by atoms with van der Waals surface area (Å²) in [7, 11) is -2.48. The van der Waals surface area contributed by atoms with E-state index in [9.17, 15) is 13.2 Å². The number of sulfonamides is 1. The molecule has 0 saturated carbocycles. The van der Waals surface area contributed by atoms with Gasteiger partial charge in [0.05, 0.1) is 17.7 Å². The molecule has 0 heterocycles. The number of anilines is 1. The summed E-state index contributed by atoms with van der Waals surface area (Å²) in [5, 5.41) is 2.93. The Bertz CT molecular complexity index is 942. The summed E-state index contributed by atoms with van der Waals surface area (Å²) in [6.45, 7) is 6.37. The number of benzene rings is 2. The van der Waals surface area contributed by atoms with Gasteiger partial charge in [0.25, 0.3) is 10.0 Å². The zero-order valence-corrected chi connectivity index (χ0v) is 19.7. The van der Waals surface area contributed by atoms with Crippen molar-refractivity contribution >= 4 is 21.6 Å². The Morgan fingerprint density at radius 3 is 2.39 bits per heavy atom. The molecule has 0 unspecified atom stereocenters. The van der Waals surface area contributed by atoms with E-state index in [1.165, 1.54) is 7.11 Å². The van der Waals surface area contributed by atoms with Crippen molar-refractivity contribution in [1.82, 2.24) is 5.32 Å². The number of ether oxygens (including phenoxy) is 1. The van der Waals surface area contributed by atoms with Gasteiger partial charge < -0.3 is 10.1 Å². The van der Waals surface area contributed by atoms with E-state index in [2.05, 4.69) is 19.2 Å².